The molecule has 3 aromatic heterocycles. The van der Waals surface area contributed by atoms with Crippen molar-refractivity contribution in [2.24, 2.45) is 0 Å². The molecule has 1 aliphatic heterocycles. The minimum absolute atomic E-state index is 0.00649. The first kappa shape index (κ1) is 17.3. The summed E-state index contributed by atoms with van der Waals surface area (Å²) in [7, 11) is -3.31. The summed E-state index contributed by atoms with van der Waals surface area (Å²) in [5.41, 5.74) is 0.234. The van der Waals surface area contributed by atoms with Crippen LogP contribution in [0.2, 0.25) is 0 Å². The van der Waals surface area contributed by atoms with Crippen molar-refractivity contribution in [3.8, 4) is 17.6 Å². The SMILES string of the molecule is CCS(=O)(=O)N1CC(C#N)(Nc2ccnc(-c3ncnc4[nH]ccc34)n2)C1. The third-order valence-corrected chi connectivity index (χ3v) is 6.23. The summed E-state index contributed by atoms with van der Waals surface area (Å²) in [6.45, 7) is 1.73. The molecule has 0 spiro atoms. The molecular weight excluding hydrogens is 368 g/mol. The molecule has 10 nitrogen and oxygen atoms in total. The van der Waals surface area contributed by atoms with Crippen molar-refractivity contribution in [1.29, 1.82) is 5.26 Å². The van der Waals surface area contributed by atoms with Crippen molar-refractivity contribution in [2.75, 3.05) is 24.2 Å². The summed E-state index contributed by atoms with van der Waals surface area (Å²) in [5.74, 6) is 0.821. The fourth-order valence-corrected chi connectivity index (χ4v) is 4.15. The largest absolute Gasteiger partial charge is 0.350 e. The van der Waals surface area contributed by atoms with Gasteiger partial charge in [0.2, 0.25) is 10.0 Å². The standard InChI is InChI=1S/C16H16N8O2S/c1-2-27(25,26)24-8-16(7-17,9-24)23-12-4-6-19-15(22-12)13-11-3-5-18-14(11)21-10-20-13/h3-6,10H,2,8-9H2,1H3,(H,18,20,21)(H,19,22,23). The molecule has 0 radical (unpaired) electrons. The van der Waals surface area contributed by atoms with Gasteiger partial charge in [-0.05, 0) is 19.1 Å². The second-order valence-electron chi connectivity index (χ2n) is 6.22. The molecule has 27 heavy (non-hydrogen) atoms. The fraction of sp³-hybridized carbons (Fsp3) is 0.312. The Labute approximate surface area is 155 Å². The number of rotatable bonds is 5. The number of hydrogen-bond acceptors (Lipinski definition) is 8. The Hall–Kier alpha value is -3.10. The molecule has 1 aliphatic rings. The van der Waals surface area contributed by atoms with Gasteiger partial charge in [-0.25, -0.2) is 28.4 Å². The number of nitrogens with zero attached hydrogens (tertiary/aromatic N) is 6. The molecular formula is C16H16N8O2S. The van der Waals surface area contributed by atoms with E-state index in [0.717, 1.165) is 5.39 Å². The molecule has 2 N–H and O–H groups in total. The van der Waals surface area contributed by atoms with Crippen molar-refractivity contribution in [2.45, 2.75) is 12.5 Å². The first-order valence-corrected chi connectivity index (χ1v) is 9.86. The summed E-state index contributed by atoms with van der Waals surface area (Å²) < 4.78 is 25.1. The Morgan fingerprint density at radius 3 is 2.89 bits per heavy atom. The van der Waals surface area contributed by atoms with Gasteiger partial charge in [0.1, 0.15) is 23.5 Å². The van der Waals surface area contributed by atoms with E-state index in [-0.39, 0.29) is 18.8 Å². The number of sulfonamides is 1. The molecule has 0 unspecified atom stereocenters. The van der Waals surface area contributed by atoms with E-state index in [1.165, 1.54) is 10.6 Å². The highest BCUT2D eigenvalue weighted by molar-refractivity contribution is 7.89. The Kier molecular flexibility index (Phi) is 4.01. The summed E-state index contributed by atoms with van der Waals surface area (Å²) in [4.78, 5) is 20.1. The van der Waals surface area contributed by atoms with Gasteiger partial charge < -0.3 is 10.3 Å². The maximum atomic E-state index is 11.9. The van der Waals surface area contributed by atoms with Gasteiger partial charge >= 0.3 is 0 Å². The zero-order valence-corrected chi connectivity index (χ0v) is 15.2. The molecule has 0 aliphatic carbocycles. The average Bonchev–Trinajstić information content (AvgIpc) is 3.13. The molecule has 11 heteroatoms. The van der Waals surface area contributed by atoms with Gasteiger partial charge in [-0.1, -0.05) is 0 Å². The smallest absolute Gasteiger partial charge is 0.214 e. The van der Waals surface area contributed by atoms with Crippen LogP contribution in [0.5, 0.6) is 0 Å². The Bertz CT molecular complexity index is 1140. The van der Waals surface area contributed by atoms with Crippen LogP contribution in [0.3, 0.4) is 0 Å². The zero-order valence-electron chi connectivity index (χ0n) is 14.4. The lowest BCUT2D eigenvalue weighted by Crippen LogP contribution is -2.66. The Morgan fingerprint density at radius 2 is 2.15 bits per heavy atom. The van der Waals surface area contributed by atoms with E-state index in [0.29, 0.717) is 23.0 Å². The molecule has 0 amide bonds. The highest BCUT2D eigenvalue weighted by Crippen LogP contribution is 2.28. The molecule has 0 bridgehead atoms. The summed E-state index contributed by atoms with van der Waals surface area (Å²) in [5, 5.41) is 13.4. The van der Waals surface area contributed by atoms with Gasteiger partial charge in [0.05, 0.1) is 24.9 Å². The molecule has 4 heterocycles. The number of anilines is 1. The predicted molar refractivity (Wildman–Crippen MR) is 97.9 cm³/mol. The van der Waals surface area contributed by atoms with Gasteiger partial charge in [-0.15, -0.1) is 0 Å². The van der Waals surface area contributed by atoms with Crippen LogP contribution in [0, 0.1) is 11.3 Å². The van der Waals surface area contributed by atoms with Gasteiger partial charge in [-0.3, -0.25) is 0 Å². The zero-order chi connectivity index (χ0) is 19.1. The quantitative estimate of drug-likeness (QED) is 0.657. The number of nitriles is 1. The van der Waals surface area contributed by atoms with E-state index in [2.05, 4.69) is 36.3 Å². The summed E-state index contributed by atoms with van der Waals surface area (Å²) in [6, 6.07) is 5.64. The normalized spacial score (nSPS) is 16.6. The summed E-state index contributed by atoms with van der Waals surface area (Å²) in [6.07, 6.45) is 4.75. The third kappa shape index (κ3) is 2.98. The van der Waals surface area contributed by atoms with Crippen LogP contribution < -0.4 is 5.32 Å². The second kappa shape index (κ2) is 6.26. The molecule has 0 aromatic carbocycles. The van der Waals surface area contributed by atoms with E-state index in [9.17, 15) is 13.7 Å². The lowest BCUT2D eigenvalue weighted by atomic mass is 9.94. The summed E-state index contributed by atoms with van der Waals surface area (Å²) >= 11 is 0. The van der Waals surface area contributed by atoms with Gasteiger partial charge in [0.25, 0.3) is 0 Å². The number of aromatic nitrogens is 5. The number of fused-ring (bicyclic) bond motifs is 1. The van der Waals surface area contributed by atoms with Crippen LogP contribution in [0.4, 0.5) is 5.82 Å². The lowest BCUT2D eigenvalue weighted by molar-refractivity contribution is 0.227. The van der Waals surface area contributed by atoms with Gasteiger partial charge in [-0.2, -0.15) is 9.57 Å². The first-order valence-electron chi connectivity index (χ1n) is 8.25. The molecule has 1 saturated heterocycles. The van der Waals surface area contributed by atoms with Crippen LogP contribution >= 0.6 is 0 Å². The van der Waals surface area contributed by atoms with Crippen molar-refractivity contribution in [3.05, 3.63) is 30.9 Å². The van der Waals surface area contributed by atoms with Crippen LogP contribution in [0.1, 0.15) is 6.92 Å². The number of hydrogen-bond donors (Lipinski definition) is 2. The van der Waals surface area contributed by atoms with Crippen molar-refractivity contribution < 1.29 is 8.42 Å². The van der Waals surface area contributed by atoms with Crippen molar-refractivity contribution in [1.82, 2.24) is 29.2 Å². The van der Waals surface area contributed by atoms with Gasteiger partial charge in [0.15, 0.2) is 11.4 Å². The van der Waals surface area contributed by atoms with E-state index in [1.54, 1.807) is 25.4 Å². The molecule has 3 aromatic rings. The number of nitrogens with one attached hydrogen (secondary N) is 2. The van der Waals surface area contributed by atoms with Crippen molar-refractivity contribution >= 4 is 26.9 Å². The average molecular weight is 384 g/mol. The second-order valence-corrected chi connectivity index (χ2v) is 8.47. The van der Waals surface area contributed by atoms with E-state index < -0.39 is 15.6 Å². The van der Waals surface area contributed by atoms with Crippen LogP contribution in [-0.4, -0.2) is 62.0 Å². The molecule has 138 valence electrons. The lowest BCUT2D eigenvalue weighted by Gasteiger charge is -2.44. The number of H-pyrrole nitrogens is 1. The molecule has 0 atom stereocenters. The fourth-order valence-electron chi connectivity index (χ4n) is 2.95. The Morgan fingerprint density at radius 1 is 1.33 bits per heavy atom. The minimum atomic E-state index is -3.31. The minimum Gasteiger partial charge on any atom is -0.350 e. The maximum absolute atomic E-state index is 11.9. The number of aromatic amines is 1. The first-order chi connectivity index (χ1) is 13.0. The third-order valence-electron chi connectivity index (χ3n) is 4.45. The topological polar surface area (TPSA) is 141 Å². The van der Waals surface area contributed by atoms with Crippen LogP contribution in [0.15, 0.2) is 30.9 Å². The maximum Gasteiger partial charge on any atom is 0.214 e. The van der Waals surface area contributed by atoms with Crippen LogP contribution in [-0.2, 0) is 10.0 Å². The van der Waals surface area contributed by atoms with Crippen LogP contribution in [0.25, 0.3) is 22.6 Å². The molecule has 1 fully saturated rings. The van der Waals surface area contributed by atoms with Gasteiger partial charge in [0, 0.05) is 17.8 Å². The van der Waals surface area contributed by atoms with E-state index in [1.807, 2.05) is 6.07 Å². The molecule has 0 saturated carbocycles. The monoisotopic (exact) mass is 384 g/mol. The van der Waals surface area contributed by atoms with E-state index >= 15 is 0 Å². The predicted octanol–water partition coefficient (Wildman–Crippen LogP) is 0.754. The highest BCUT2D eigenvalue weighted by atomic mass is 32.2. The van der Waals surface area contributed by atoms with E-state index in [4.69, 9.17) is 0 Å². The highest BCUT2D eigenvalue weighted by Gasteiger charge is 2.48. The Balaban J connectivity index is 1.61. The molecule has 4 rings (SSSR count). The van der Waals surface area contributed by atoms with Crippen molar-refractivity contribution in [3.63, 3.8) is 0 Å².